The minimum atomic E-state index is 0.128. The van der Waals surface area contributed by atoms with Gasteiger partial charge in [-0.2, -0.15) is 0 Å². The number of aromatic nitrogens is 1. The molecule has 2 atom stereocenters. The lowest BCUT2D eigenvalue weighted by molar-refractivity contribution is -0.0870. The van der Waals surface area contributed by atoms with E-state index in [2.05, 4.69) is 23.9 Å². The van der Waals surface area contributed by atoms with Crippen LogP contribution >= 0.6 is 0 Å². The lowest BCUT2D eigenvalue weighted by Gasteiger charge is -2.46. The summed E-state index contributed by atoms with van der Waals surface area (Å²) in [4.78, 5) is 21.4. The molecular weight excluding hydrogens is 266 g/mol. The quantitative estimate of drug-likeness (QED) is 0.820. The maximum absolute atomic E-state index is 13.0. The van der Waals surface area contributed by atoms with Crippen molar-refractivity contribution in [2.24, 2.45) is 0 Å². The molecule has 1 aromatic heterocycles. The van der Waals surface area contributed by atoms with E-state index in [-0.39, 0.29) is 18.1 Å². The largest absolute Gasteiger partial charge is 0.374 e. The van der Waals surface area contributed by atoms with Gasteiger partial charge in [0, 0.05) is 37.6 Å². The second kappa shape index (κ2) is 6.12. The van der Waals surface area contributed by atoms with Gasteiger partial charge in [0.05, 0.1) is 18.8 Å². The van der Waals surface area contributed by atoms with E-state index in [0.717, 1.165) is 37.1 Å². The van der Waals surface area contributed by atoms with Crippen LogP contribution in [0.4, 0.5) is 0 Å². The van der Waals surface area contributed by atoms with Gasteiger partial charge in [-0.15, -0.1) is 0 Å². The van der Waals surface area contributed by atoms with Crippen molar-refractivity contribution in [1.29, 1.82) is 0 Å². The van der Waals surface area contributed by atoms with Crippen LogP contribution in [0.1, 0.15) is 29.3 Å². The van der Waals surface area contributed by atoms with Crippen molar-refractivity contribution in [2.75, 3.05) is 33.3 Å². The minimum Gasteiger partial charge on any atom is -0.374 e. The first-order valence-corrected chi connectivity index (χ1v) is 7.74. The zero-order chi connectivity index (χ0) is 14.8. The van der Waals surface area contributed by atoms with Gasteiger partial charge >= 0.3 is 0 Å². The molecule has 2 aliphatic rings. The van der Waals surface area contributed by atoms with Crippen molar-refractivity contribution < 1.29 is 9.53 Å². The Balaban J connectivity index is 1.85. The average Bonchev–Trinajstić information content (AvgIpc) is 2.53. The molecule has 2 unspecified atom stereocenters. The monoisotopic (exact) mass is 289 g/mol. The molecule has 0 bridgehead atoms. The van der Waals surface area contributed by atoms with E-state index >= 15 is 0 Å². The number of likely N-dealkylation sites (tertiary alicyclic amines) is 1. The Bertz CT molecular complexity index is 520. The van der Waals surface area contributed by atoms with E-state index in [9.17, 15) is 4.79 Å². The molecule has 2 aliphatic heterocycles. The van der Waals surface area contributed by atoms with Gasteiger partial charge in [-0.25, -0.2) is 0 Å². The number of hydrogen-bond acceptors (Lipinski definition) is 4. The van der Waals surface area contributed by atoms with Gasteiger partial charge in [0.25, 0.3) is 5.91 Å². The van der Waals surface area contributed by atoms with Crippen LogP contribution in [0.3, 0.4) is 0 Å². The van der Waals surface area contributed by atoms with E-state index < -0.39 is 0 Å². The molecule has 5 nitrogen and oxygen atoms in total. The Morgan fingerprint density at radius 2 is 2.33 bits per heavy atom. The number of hydrogen-bond donors (Lipinski definition) is 0. The number of fused-ring (bicyclic) bond motifs is 1. The lowest BCUT2D eigenvalue weighted by Crippen LogP contribution is -2.60. The van der Waals surface area contributed by atoms with Crippen LogP contribution in [0, 0.1) is 0 Å². The Labute approximate surface area is 125 Å². The molecule has 114 valence electrons. The van der Waals surface area contributed by atoms with Crippen molar-refractivity contribution in [2.45, 2.75) is 31.9 Å². The number of carbonyl (C=O) groups excluding carboxylic acids is 1. The number of aryl methyl sites for hydroxylation is 1. The highest BCUT2D eigenvalue weighted by atomic mass is 16.5. The van der Waals surface area contributed by atoms with Crippen LogP contribution in [0.25, 0.3) is 0 Å². The van der Waals surface area contributed by atoms with E-state index in [0.29, 0.717) is 13.2 Å². The summed E-state index contributed by atoms with van der Waals surface area (Å²) in [5.74, 6) is 0.128. The molecule has 0 N–H and O–H groups in total. The number of nitrogens with zero attached hydrogens (tertiary/aromatic N) is 3. The molecule has 21 heavy (non-hydrogen) atoms. The molecule has 3 rings (SSSR count). The zero-order valence-electron chi connectivity index (χ0n) is 12.8. The number of rotatable bonds is 2. The molecule has 0 spiro atoms. The molecule has 0 saturated carbocycles. The Hall–Kier alpha value is -1.46. The molecule has 0 aromatic carbocycles. The fourth-order valence-corrected chi connectivity index (χ4v) is 3.35. The fourth-order valence-electron chi connectivity index (χ4n) is 3.35. The van der Waals surface area contributed by atoms with Crippen LogP contribution in [-0.4, -0.2) is 66.1 Å². The third-order valence-electron chi connectivity index (χ3n) is 4.56. The van der Waals surface area contributed by atoms with Crippen LogP contribution in [-0.2, 0) is 11.2 Å². The Kier molecular flexibility index (Phi) is 4.22. The Morgan fingerprint density at radius 1 is 1.48 bits per heavy atom. The summed E-state index contributed by atoms with van der Waals surface area (Å²) in [5, 5.41) is 0. The third-order valence-corrected chi connectivity index (χ3v) is 4.56. The van der Waals surface area contributed by atoms with Gasteiger partial charge in [-0.1, -0.05) is 6.92 Å². The molecule has 2 saturated heterocycles. The maximum Gasteiger partial charge on any atom is 0.254 e. The number of pyridine rings is 1. The molecular formula is C16H23N3O2. The maximum atomic E-state index is 13.0. The van der Waals surface area contributed by atoms with Gasteiger partial charge in [0.1, 0.15) is 0 Å². The first-order valence-electron chi connectivity index (χ1n) is 7.74. The number of morpholine rings is 1. The second-order valence-electron chi connectivity index (χ2n) is 5.91. The number of ether oxygens (including phenoxy) is 1. The predicted molar refractivity (Wildman–Crippen MR) is 80.3 cm³/mol. The summed E-state index contributed by atoms with van der Waals surface area (Å²) in [6.45, 7) is 5.31. The van der Waals surface area contributed by atoms with Gasteiger partial charge in [0.2, 0.25) is 0 Å². The summed E-state index contributed by atoms with van der Waals surface area (Å²) in [6, 6.07) is 2.01. The van der Waals surface area contributed by atoms with Crippen LogP contribution in [0.15, 0.2) is 18.5 Å². The molecule has 3 heterocycles. The normalized spacial score (nSPS) is 26.5. The minimum absolute atomic E-state index is 0.128. The van der Waals surface area contributed by atoms with Crippen molar-refractivity contribution in [1.82, 2.24) is 14.8 Å². The average molecular weight is 289 g/mol. The van der Waals surface area contributed by atoms with Gasteiger partial charge in [-0.3, -0.25) is 9.78 Å². The first-order chi connectivity index (χ1) is 10.2. The summed E-state index contributed by atoms with van der Waals surface area (Å²) >= 11 is 0. The Morgan fingerprint density at radius 3 is 3.14 bits per heavy atom. The summed E-state index contributed by atoms with van der Waals surface area (Å²) in [5.41, 5.74) is 1.82. The number of amides is 1. The molecule has 2 fully saturated rings. The van der Waals surface area contributed by atoms with E-state index in [4.69, 9.17) is 4.74 Å². The first kappa shape index (κ1) is 14.5. The zero-order valence-corrected chi connectivity index (χ0v) is 12.8. The van der Waals surface area contributed by atoms with Crippen molar-refractivity contribution in [3.8, 4) is 0 Å². The van der Waals surface area contributed by atoms with Crippen molar-refractivity contribution in [3.05, 3.63) is 29.6 Å². The molecule has 5 heteroatoms. The number of piperidine rings is 1. The SMILES string of the molecule is CCc1cnccc1C(=O)N1CCOC2CCN(C)CC21. The van der Waals surface area contributed by atoms with Gasteiger partial charge in [-0.05, 0) is 31.5 Å². The summed E-state index contributed by atoms with van der Waals surface area (Å²) < 4.78 is 5.87. The highest BCUT2D eigenvalue weighted by Gasteiger charge is 2.38. The van der Waals surface area contributed by atoms with E-state index in [1.165, 1.54) is 0 Å². The van der Waals surface area contributed by atoms with Gasteiger partial charge in [0.15, 0.2) is 0 Å². The van der Waals surface area contributed by atoms with Crippen LogP contribution < -0.4 is 0 Å². The number of carbonyl (C=O) groups is 1. The van der Waals surface area contributed by atoms with Crippen LogP contribution in [0.5, 0.6) is 0 Å². The topological polar surface area (TPSA) is 45.7 Å². The lowest BCUT2D eigenvalue weighted by atomic mass is 9.97. The summed E-state index contributed by atoms with van der Waals surface area (Å²) in [7, 11) is 2.11. The van der Waals surface area contributed by atoms with Crippen molar-refractivity contribution in [3.63, 3.8) is 0 Å². The highest BCUT2D eigenvalue weighted by molar-refractivity contribution is 5.95. The third kappa shape index (κ3) is 2.80. The van der Waals surface area contributed by atoms with E-state index in [1.807, 2.05) is 11.0 Å². The molecule has 0 radical (unpaired) electrons. The number of likely N-dealkylation sites (N-methyl/N-ethyl adjacent to an activating group) is 1. The standard InChI is InChI=1S/C16H23N3O2/c1-3-12-10-17-6-4-13(12)16(20)19-8-9-21-15-5-7-18(2)11-14(15)19/h4,6,10,14-15H,3,5,7-9,11H2,1-2H3. The fraction of sp³-hybridized carbons (Fsp3) is 0.625. The smallest absolute Gasteiger partial charge is 0.254 e. The van der Waals surface area contributed by atoms with Crippen molar-refractivity contribution >= 4 is 5.91 Å². The van der Waals surface area contributed by atoms with E-state index in [1.54, 1.807) is 12.4 Å². The molecule has 1 aromatic rings. The van der Waals surface area contributed by atoms with Crippen LogP contribution in [0.2, 0.25) is 0 Å². The highest BCUT2D eigenvalue weighted by Crippen LogP contribution is 2.24. The second-order valence-corrected chi connectivity index (χ2v) is 5.91. The molecule has 0 aliphatic carbocycles. The predicted octanol–water partition coefficient (Wildman–Crippen LogP) is 1.19. The molecule has 1 amide bonds. The van der Waals surface area contributed by atoms with Gasteiger partial charge < -0.3 is 14.5 Å². The summed E-state index contributed by atoms with van der Waals surface area (Å²) in [6.07, 6.45) is 5.52.